The lowest BCUT2D eigenvalue weighted by Crippen LogP contribution is -2.47. The lowest BCUT2D eigenvalue weighted by molar-refractivity contribution is 0.141. The molecule has 0 unspecified atom stereocenters. The minimum absolute atomic E-state index is 0.00905. The molecule has 3 rings (SSSR count). The van der Waals surface area contributed by atoms with E-state index in [1.165, 1.54) is 4.90 Å². The molecule has 1 saturated heterocycles. The third kappa shape index (κ3) is 4.66. The van der Waals surface area contributed by atoms with Gasteiger partial charge in [0.25, 0.3) is 0 Å². The van der Waals surface area contributed by atoms with Crippen LogP contribution in [-0.4, -0.2) is 47.1 Å². The van der Waals surface area contributed by atoms with Gasteiger partial charge in [0.15, 0.2) is 0 Å². The number of amides is 1. The number of rotatable bonds is 7. The Balaban J connectivity index is 1.92. The van der Waals surface area contributed by atoms with Crippen LogP contribution in [0.3, 0.4) is 0 Å². The molecule has 0 spiro atoms. The number of aromatic nitrogens is 2. The van der Waals surface area contributed by atoms with Crippen LogP contribution in [0, 0.1) is 0 Å². The third-order valence-electron chi connectivity index (χ3n) is 7.26. The fraction of sp³-hybridized carbons (Fsp3) is 0.667. The summed E-state index contributed by atoms with van der Waals surface area (Å²) in [4.78, 5) is 17.7. The second-order valence-electron chi connectivity index (χ2n) is 10.1. The van der Waals surface area contributed by atoms with E-state index in [1.807, 2.05) is 10.6 Å². The number of nitrogen functional groups attached to an aromatic ring is 1. The minimum atomic E-state index is -1.97. The van der Waals surface area contributed by atoms with Crippen LogP contribution < -0.4 is 5.73 Å². The average molecular weight is 461 g/mol. The molecular weight excluding hydrogens is 420 g/mol. The van der Waals surface area contributed by atoms with E-state index >= 15 is 0 Å². The van der Waals surface area contributed by atoms with Crippen LogP contribution >= 0.6 is 0 Å². The zero-order valence-electron chi connectivity index (χ0n) is 20.5. The second-order valence-corrected chi connectivity index (χ2v) is 15.6. The quantitative estimate of drug-likeness (QED) is 0.493. The molecule has 1 atom stereocenters. The summed E-state index contributed by atoms with van der Waals surface area (Å²) in [6, 6.07) is 6.21. The third-order valence-corrected chi connectivity index (χ3v) is 13.3. The highest BCUT2D eigenvalue weighted by Gasteiger charge is 2.45. The summed E-state index contributed by atoms with van der Waals surface area (Å²) in [7, 11) is -1.97. The summed E-state index contributed by atoms with van der Waals surface area (Å²) < 4.78 is 8.84. The van der Waals surface area contributed by atoms with Gasteiger partial charge in [-0.05, 0) is 53.6 Å². The van der Waals surface area contributed by atoms with Gasteiger partial charge in [-0.15, -0.1) is 0 Å². The molecule has 178 valence electrons. The Morgan fingerprint density at radius 3 is 2.44 bits per heavy atom. The Bertz CT molecular complexity index is 919. The second kappa shape index (κ2) is 9.83. The van der Waals surface area contributed by atoms with E-state index in [4.69, 9.17) is 10.2 Å². The number of benzene rings is 1. The Morgan fingerprint density at radius 2 is 1.84 bits per heavy atom. The minimum Gasteiger partial charge on any atom is -0.465 e. The Labute approximate surface area is 193 Å². The van der Waals surface area contributed by atoms with Gasteiger partial charge >= 0.3 is 6.09 Å². The van der Waals surface area contributed by atoms with E-state index in [0.29, 0.717) is 42.3 Å². The molecule has 1 amide bonds. The van der Waals surface area contributed by atoms with Crippen molar-refractivity contribution in [1.82, 2.24) is 14.5 Å². The molecule has 3 N–H and O–H groups in total. The van der Waals surface area contributed by atoms with Crippen molar-refractivity contribution in [1.29, 1.82) is 0 Å². The van der Waals surface area contributed by atoms with Crippen molar-refractivity contribution in [3.63, 3.8) is 0 Å². The highest BCUT2D eigenvalue weighted by atomic mass is 28.4. The first-order valence-corrected chi connectivity index (χ1v) is 14.1. The molecule has 0 saturated carbocycles. The standard InChI is InChI=1S/C24H40N4O3Si/c1-16(2)32(17(3)4,18(5)6)31-15-19-10-11-21-22(13-19)28(23(25)26-21)20-9-7-8-12-27(14-20)24(29)30/h10-11,13,16-18,20H,7-9,12,14-15H2,1-6H3,(H2,25,26)(H,29,30)/t20-/m1/s1. The SMILES string of the molecule is CC(C)[Si](OCc1ccc2nc(N)n([C@@H]3CCCCN(C(=O)O)C3)c2c1)(C(C)C)C(C)C. The van der Waals surface area contributed by atoms with Gasteiger partial charge in [-0.2, -0.15) is 0 Å². The number of hydrogen-bond acceptors (Lipinski definition) is 4. The molecule has 0 aliphatic carbocycles. The number of imidazole rings is 1. The largest absolute Gasteiger partial charge is 0.465 e. The Hall–Kier alpha value is -2.06. The van der Waals surface area contributed by atoms with Gasteiger partial charge in [0, 0.05) is 13.1 Å². The number of hydrogen-bond donors (Lipinski definition) is 2. The van der Waals surface area contributed by atoms with Gasteiger partial charge in [0.2, 0.25) is 14.3 Å². The topological polar surface area (TPSA) is 93.6 Å². The smallest absolute Gasteiger partial charge is 0.407 e. The molecule has 1 aromatic carbocycles. The molecule has 8 heteroatoms. The fourth-order valence-corrected chi connectivity index (χ4v) is 11.3. The lowest BCUT2D eigenvalue weighted by Gasteiger charge is -2.42. The van der Waals surface area contributed by atoms with Crippen LogP contribution in [-0.2, 0) is 11.0 Å². The van der Waals surface area contributed by atoms with E-state index in [1.54, 1.807) is 0 Å². The van der Waals surface area contributed by atoms with Crippen LogP contribution in [0.2, 0.25) is 16.6 Å². The van der Waals surface area contributed by atoms with Gasteiger partial charge in [-0.25, -0.2) is 9.78 Å². The van der Waals surface area contributed by atoms with Crippen molar-refractivity contribution >= 4 is 31.4 Å². The van der Waals surface area contributed by atoms with E-state index in [0.717, 1.165) is 35.9 Å². The van der Waals surface area contributed by atoms with Gasteiger partial charge in [-0.1, -0.05) is 47.6 Å². The maximum Gasteiger partial charge on any atom is 0.407 e. The van der Waals surface area contributed by atoms with Crippen molar-refractivity contribution in [3.8, 4) is 0 Å². The summed E-state index contributed by atoms with van der Waals surface area (Å²) in [5.74, 6) is 0.450. The Kier molecular flexibility index (Phi) is 7.55. The monoisotopic (exact) mass is 460 g/mol. The van der Waals surface area contributed by atoms with E-state index in [2.05, 4.69) is 58.7 Å². The van der Waals surface area contributed by atoms with Gasteiger partial charge in [0.05, 0.1) is 23.7 Å². The number of carboxylic acid groups (broad SMARTS) is 1. The number of fused-ring (bicyclic) bond motifs is 1. The fourth-order valence-electron chi connectivity index (χ4n) is 5.84. The van der Waals surface area contributed by atoms with Gasteiger partial charge in [0.1, 0.15) is 0 Å². The number of nitrogens with two attached hydrogens (primary N) is 1. The van der Waals surface area contributed by atoms with Crippen molar-refractivity contribution < 1.29 is 14.3 Å². The number of likely N-dealkylation sites (tertiary alicyclic amines) is 1. The zero-order valence-corrected chi connectivity index (χ0v) is 21.5. The molecule has 2 aromatic rings. The first-order chi connectivity index (χ1) is 15.1. The maximum atomic E-state index is 11.6. The molecule has 1 aliphatic rings. The van der Waals surface area contributed by atoms with Gasteiger partial charge < -0.3 is 24.7 Å². The van der Waals surface area contributed by atoms with Crippen LogP contribution in [0.4, 0.5) is 10.7 Å². The number of carbonyl (C=O) groups is 1. The van der Waals surface area contributed by atoms with Crippen molar-refractivity contribution in [3.05, 3.63) is 23.8 Å². The van der Waals surface area contributed by atoms with Crippen LogP contribution in [0.15, 0.2) is 18.2 Å². The molecule has 32 heavy (non-hydrogen) atoms. The predicted molar refractivity (Wildman–Crippen MR) is 132 cm³/mol. The predicted octanol–water partition coefficient (Wildman–Crippen LogP) is 6.02. The summed E-state index contributed by atoms with van der Waals surface area (Å²) in [6.07, 6.45) is 1.87. The van der Waals surface area contributed by atoms with Gasteiger partial charge in [-0.3, -0.25) is 0 Å². The van der Waals surface area contributed by atoms with Crippen LogP contribution in [0.25, 0.3) is 11.0 Å². The van der Waals surface area contributed by atoms with E-state index < -0.39 is 14.4 Å². The lowest BCUT2D eigenvalue weighted by atomic mass is 10.1. The number of nitrogens with zero attached hydrogens (tertiary/aromatic N) is 3. The molecule has 0 radical (unpaired) electrons. The zero-order chi connectivity index (χ0) is 23.6. The Morgan fingerprint density at radius 1 is 1.19 bits per heavy atom. The summed E-state index contributed by atoms with van der Waals surface area (Å²) in [5.41, 5.74) is 10.8. The highest BCUT2D eigenvalue weighted by Crippen LogP contribution is 2.43. The summed E-state index contributed by atoms with van der Waals surface area (Å²) in [5, 5.41) is 9.54. The number of anilines is 1. The molecular formula is C24H40N4O3Si. The van der Waals surface area contributed by atoms with Crippen LogP contribution in [0.5, 0.6) is 0 Å². The van der Waals surface area contributed by atoms with Crippen LogP contribution in [0.1, 0.15) is 72.4 Å². The average Bonchev–Trinajstić information content (AvgIpc) is 2.87. The molecule has 7 nitrogen and oxygen atoms in total. The molecule has 1 aromatic heterocycles. The molecule has 2 heterocycles. The molecule has 0 bridgehead atoms. The van der Waals surface area contributed by atoms with E-state index in [9.17, 15) is 9.90 Å². The van der Waals surface area contributed by atoms with Crippen molar-refractivity contribution in [2.75, 3.05) is 18.8 Å². The normalized spacial score (nSPS) is 18.2. The molecule has 1 fully saturated rings. The molecule has 1 aliphatic heterocycles. The first-order valence-electron chi connectivity index (χ1n) is 12.0. The highest BCUT2D eigenvalue weighted by molar-refractivity contribution is 6.77. The summed E-state index contributed by atoms with van der Waals surface area (Å²) >= 11 is 0. The van der Waals surface area contributed by atoms with Crippen molar-refractivity contribution in [2.24, 2.45) is 0 Å². The summed E-state index contributed by atoms with van der Waals surface area (Å²) in [6.45, 7) is 15.4. The maximum absolute atomic E-state index is 11.6. The first kappa shape index (κ1) is 24.6. The van der Waals surface area contributed by atoms with E-state index in [-0.39, 0.29) is 6.04 Å². The van der Waals surface area contributed by atoms with Crippen molar-refractivity contribution in [2.45, 2.75) is 90.1 Å².